The van der Waals surface area contributed by atoms with E-state index < -0.39 is 5.60 Å². The van der Waals surface area contributed by atoms with Crippen molar-refractivity contribution in [3.8, 4) is 6.01 Å². The second-order valence-corrected chi connectivity index (χ2v) is 4.65. The number of ether oxygens (including phenoxy) is 2. The smallest absolute Gasteiger partial charge is 0.318 e. The monoisotopic (exact) mass is 273 g/mol. The van der Waals surface area contributed by atoms with Crippen molar-refractivity contribution in [2.45, 2.75) is 18.4 Å². The standard InChI is InChI=1S/C11H16ClN3O3/c1-17-10-13-6-8(12)9(15-10)14-7-11(16)2-4-18-5-3-11/h6,16H,2-5,7H2,1H3,(H,13,14,15). The van der Waals surface area contributed by atoms with Crippen LogP contribution in [-0.4, -0.2) is 47.5 Å². The predicted octanol–water partition coefficient (Wildman–Crippen LogP) is 1.09. The van der Waals surface area contributed by atoms with E-state index in [1.165, 1.54) is 13.3 Å². The molecule has 2 heterocycles. The molecule has 0 spiro atoms. The third-order valence-electron chi connectivity index (χ3n) is 2.91. The molecule has 1 fully saturated rings. The predicted molar refractivity (Wildman–Crippen MR) is 67.1 cm³/mol. The summed E-state index contributed by atoms with van der Waals surface area (Å²) in [5.74, 6) is 0.462. The average molecular weight is 274 g/mol. The molecule has 0 aliphatic carbocycles. The molecule has 100 valence electrons. The summed E-state index contributed by atoms with van der Waals surface area (Å²) in [5, 5.41) is 13.7. The first-order valence-corrected chi connectivity index (χ1v) is 6.11. The first kappa shape index (κ1) is 13.3. The van der Waals surface area contributed by atoms with E-state index in [0.717, 1.165) is 0 Å². The summed E-state index contributed by atoms with van der Waals surface area (Å²) < 4.78 is 10.1. The fourth-order valence-electron chi connectivity index (χ4n) is 1.75. The number of anilines is 1. The second-order valence-electron chi connectivity index (χ2n) is 4.24. The molecule has 0 atom stereocenters. The van der Waals surface area contributed by atoms with E-state index in [9.17, 15) is 5.11 Å². The van der Waals surface area contributed by atoms with Crippen molar-refractivity contribution in [1.82, 2.24) is 9.97 Å². The van der Waals surface area contributed by atoms with E-state index >= 15 is 0 Å². The molecule has 0 saturated carbocycles. The van der Waals surface area contributed by atoms with Gasteiger partial charge in [-0.3, -0.25) is 0 Å². The van der Waals surface area contributed by atoms with Gasteiger partial charge in [-0.1, -0.05) is 11.6 Å². The van der Waals surface area contributed by atoms with Crippen LogP contribution >= 0.6 is 11.6 Å². The van der Waals surface area contributed by atoms with Gasteiger partial charge in [-0.2, -0.15) is 4.98 Å². The number of aromatic nitrogens is 2. The molecule has 0 aromatic carbocycles. The number of nitrogens with zero attached hydrogens (tertiary/aromatic N) is 2. The van der Waals surface area contributed by atoms with Crippen LogP contribution in [0.4, 0.5) is 5.82 Å². The molecule has 1 aromatic rings. The van der Waals surface area contributed by atoms with Crippen molar-refractivity contribution in [3.05, 3.63) is 11.2 Å². The second kappa shape index (κ2) is 5.69. The van der Waals surface area contributed by atoms with Crippen LogP contribution in [0.3, 0.4) is 0 Å². The van der Waals surface area contributed by atoms with Crippen molar-refractivity contribution < 1.29 is 14.6 Å². The molecule has 0 unspecified atom stereocenters. The minimum absolute atomic E-state index is 0.237. The minimum atomic E-state index is -0.778. The number of aliphatic hydroxyl groups is 1. The summed E-state index contributed by atoms with van der Waals surface area (Å²) in [7, 11) is 1.49. The molecule has 0 radical (unpaired) electrons. The Labute approximate surface area is 110 Å². The van der Waals surface area contributed by atoms with Crippen molar-refractivity contribution in [3.63, 3.8) is 0 Å². The Morgan fingerprint density at radius 2 is 2.28 bits per heavy atom. The third-order valence-corrected chi connectivity index (χ3v) is 3.19. The van der Waals surface area contributed by atoms with Crippen LogP contribution in [0.5, 0.6) is 6.01 Å². The van der Waals surface area contributed by atoms with Crippen molar-refractivity contribution in [1.29, 1.82) is 0 Å². The molecule has 1 aromatic heterocycles. The quantitative estimate of drug-likeness (QED) is 0.855. The number of rotatable bonds is 4. The Morgan fingerprint density at radius 1 is 1.56 bits per heavy atom. The highest BCUT2D eigenvalue weighted by atomic mass is 35.5. The average Bonchev–Trinajstić information content (AvgIpc) is 2.39. The van der Waals surface area contributed by atoms with Crippen LogP contribution in [0.25, 0.3) is 0 Å². The Balaban J connectivity index is 2.00. The van der Waals surface area contributed by atoms with Gasteiger partial charge in [0.1, 0.15) is 5.02 Å². The van der Waals surface area contributed by atoms with Crippen LogP contribution in [-0.2, 0) is 4.74 Å². The van der Waals surface area contributed by atoms with Gasteiger partial charge >= 0.3 is 6.01 Å². The summed E-state index contributed by atoms with van der Waals surface area (Å²) in [6.45, 7) is 1.51. The molecule has 2 N–H and O–H groups in total. The van der Waals surface area contributed by atoms with Gasteiger partial charge in [-0.15, -0.1) is 0 Å². The number of halogens is 1. The van der Waals surface area contributed by atoms with E-state index in [4.69, 9.17) is 21.1 Å². The van der Waals surface area contributed by atoms with Crippen LogP contribution in [0.15, 0.2) is 6.20 Å². The first-order chi connectivity index (χ1) is 8.63. The molecular weight excluding hydrogens is 258 g/mol. The SMILES string of the molecule is COc1ncc(Cl)c(NCC2(O)CCOCC2)n1. The Kier molecular flexibility index (Phi) is 4.21. The third kappa shape index (κ3) is 3.22. The van der Waals surface area contributed by atoms with Crippen LogP contribution in [0.2, 0.25) is 5.02 Å². The van der Waals surface area contributed by atoms with Gasteiger partial charge < -0.3 is 19.9 Å². The van der Waals surface area contributed by atoms with Gasteiger partial charge in [-0.25, -0.2) is 4.98 Å². The molecule has 0 bridgehead atoms. The summed E-state index contributed by atoms with van der Waals surface area (Å²) in [4.78, 5) is 7.97. The first-order valence-electron chi connectivity index (χ1n) is 5.73. The van der Waals surface area contributed by atoms with Crippen LogP contribution < -0.4 is 10.1 Å². The van der Waals surface area contributed by atoms with Crippen molar-refractivity contribution in [2.24, 2.45) is 0 Å². The topological polar surface area (TPSA) is 76.5 Å². The molecule has 1 saturated heterocycles. The van der Waals surface area contributed by atoms with Gasteiger partial charge in [0.25, 0.3) is 0 Å². The lowest BCUT2D eigenvalue weighted by Crippen LogP contribution is -2.42. The highest BCUT2D eigenvalue weighted by Crippen LogP contribution is 2.24. The Hall–Kier alpha value is -1.11. The molecule has 18 heavy (non-hydrogen) atoms. The molecule has 1 aliphatic rings. The Morgan fingerprint density at radius 3 is 2.94 bits per heavy atom. The lowest BCUT2D eigenvalue weighted by atomic mass is 9.94. The van der Waals surface area contributed by atoms with Crippen LogP contribution in [0, 0.1) is 0 Å². The summed E-state index contributed by atoms with van der Waals surface area (Å²) in [6, 6.07) is 0.237. The highest BCUT2D eigenvalue weighted by Gasteiger charge is 2.29. The zero-order chi connectivity index (χ0) is 13.0. The Bertz CT molecular complexity index is 411. The largest absolute Gasteiger partial charge is 0.467 e. The van der Waals surface area contributed by atoms with E-state index in [0.29, 0.717) is 43.4 Å². The van der Waals surface area contributed by atoms with Gasteiger partial charge in [0, 0.05) is 32.6 Å². The summed E-state index contributed by atoms with van der Waals surface area (Å²) >= 11 is 5.97. The molecule has 2 rings (SSSR count). The number of hydrogen-bond donors (Lipinski definition) is 2. The zero-order valence-electron chi connectivity index (χ0n) is 10.1. The normalized spacial score (nSPS) is 18.4. The number of methoxy groups -OCH3 is 1. The van der Waals surface area contributed by atoms with Crippen molar-refractivity contribution >= 4 is 17.4 Å². The fourth-order valence-corrected chi connectivity index (χ4v) is 1.91. The highest BCUT2D eigenvalue weighted by molar-refractivity contribution is 6.32. The number of hydrogen-bond acceptors (Lipinski definition) is 6. The van der Waals surface area contributed by atoms with Crippen molar-refractivity contribution in [2.75, 3.05) is 32.2 Å². The summed E-state index contributed by atoms with van der Waals surface area (Å²) in [5.41, 5.74) is -0.778. The maximum atomic E-state index is 10.3. The lowest BCUT2D eigenvalue weighted by molar-refractivity contribution is -0.0543. The maximum absolute atomic E-state index is 10.3. The molecular formula is C11H16ClN3O3. The van der Waals surface area contributed by atoms with Gasteiger partial charge in [0.15, 0.2) is 5.82 Å². The van der Waals surface area contributed by atoms with Gasteiger partial charge in [0.05, 0.1) is 18.9 Å². The minimum Gasteiger partial charge on any atom is -0.467 e. The van der Waals surface area contributed by atoms with E-state index in [2.05, 4.69) is 15.3 Å². The van der Waals surface area contributed by atoms with Crippen LogP contribution in [0.1, 0.15) is 12.8 Å². The molecule has 0 amide bonds. The molecule has 7 heteroatoms. The number of nitrogens with one attached hydrogen (secondary N) is 1. The zero-order valence-corrected chi connectivity index (χ0v) is 10.9. The maximum Gasteiger partial charge on any atom is 0.318 e. The molecule has 6 nitrogen and oxygen atoms in total. The van der Waals surface area contributed by atoms with E-state index in [1.807, 2.05) is 0 Å². The van der Waals surface area contributed by atoms with E-state index in [1.54, 1.807) is 0 Å². The summed E-state index contributed by atoms with van der Waals surface area (Å²) in [6.07, 6.45) is 2.66. The van der Waals surface area contributed by atoms with Gasteiger partial charge in [0.2, 0.25) is 0 Å². The molecule has 1 aliphatic heterocycles. The lowest BCUT2D eigenvalue weighted by Gasteiger charge is -2.32. The van der Waals surface area contributed by atoms with Gasteiger partial charge in [-0.05, 0) is 0 Å². The van der Waals surface area contributed by atoms with E-state index in [-0.39, 0.29) is 6.01 Å². The fraction of sp³-hybridized carbons (Fsp3) is 0.636.